The fourth-order valence-corrected chi connectivity index (χ4v) is 2.89. The number of nitrogens with one attached hydrogen (secondary N) is 1. The van der Waals surface area contributed by atoms with Gasteiger partial charge < -0.3 is 10.1 Å². The van der Waals surface area contributed by atoms with E-state index >= 15 is 0 Å². The minimum Gasteiger partial charge on any atom is -0.487 e. The van der Waals surface area contributed by atoms with Gasteiger partial charge in [-0.1, -0.05) is 50.8 Å². The first kappa shape index (κ1) is 21.5. The van der Waals surface area contributed by atoms with Crippen LogP contribution in [0.25, 0.3) is 11.3 Å². The van der Waals surface area contributed by atoms with E-state index in [2.05, 4.69) is 11.9 Å². The Morgan fingerprint density at radius 3 is 2.21 bits per heavy atom. The fraction of sp³-hybridized carbons (Fsp3) is 0.273. The summed E-state index contributed by atoms with van der Waals surface area (Å²) in [6, 6.07) is 11.1. The molecule has 3 rings (SSSR count). The summed E-state index contributed by atoms with van der Waals surface area (Å²) in [4.78, 5) is 0. The van der Waals surface area contributed by atoms with E-state index in [0.29, 0.717) is 24.2 Å². The number of rotatable bonds is 5. The van der Waals surface area contributed by atoms with E-state index < -0.39 is 24.7 Å². The second-order valence-electron chi connectivity index (χ2n) is 5.91. The van der Waals surface area contributed by atoms with Crippen molar-refractivity contribution in [2.24, 2.45) is 0 Å². The number of alkyl halides is 2. The second-order valence-corrected chi connectivity index (χ2v) is 5.91. The normalized spacial score (nSPS) is 13.8. The molecule has 0 unspecified atom stereocenters. The van der Waals surface area contributed by atoms with Crippen LogP contribution >= 0.6 is 0 Å². The molecule has 0 amide bonds. The smallest absolute Gasteiger partial charge is 0.272 e. The minimum absolute atomic E-state index is 0.255. The van der Waals surface area contributed by atoms with Gasteiger partial charge in [0, 0.05) is 17.8 Å². The molecular formula is C22H23F4NO. The molecule has 6 heteroatoms. The molecule has 150 valence electrons. The first-order valence-electron chi connectivity index (χ1n) is 9.09. The highest BCUT2D eigenvalue weighted by Crippen LogP contribution is 2.36. The molecule has 28 heavy (non-hydrogen) atoms. The molecule has 1 aliphatic heterocycles. The van der Waals surface area contributed by atoms with E-state index in [1.54, 1.807) is 0 Å². The van der Waals surface area contributed by atoms with Gasteiger partial charge in [0.05, 0.1) is 11.3 Å². The van der Waals surface area contributed by atoms with Gasteiger partial charge in [0.15, 0.2) is 0 Å². The van der Waals surface area contributed by atoms with Crippen molar-refractivity contribution in [1.29, 1.82) is 0 Å². The summed E-state index contributed by atoms with van der Waals surface area (Å²) in [5, 5.41) is 2.98. The number of allylic oxidation sites excluding steroid dienone is 2. The molecule has 2 nitrogen and oxygen atoms in total. The van der Waals surface area contributed by atoms with Crippen LogP contribution in [0.5, 0.6) is 5.75 Å². The van der Waals surface area contributed by atoms with E-state index in [-0.39, 0.29) is 11.3 Å². The van der Waals surface area contributed by atoms with Crippen LogP contribution < -0.4 is 10.1 Å². The third-order valence-electron chi connectivity index (χ3n) is 4.04. The van der Waals surface area contributed by atoms with Crippen LogP contribution in [0.2, 0.25) is 0 Å². The molecule has 2 aromatic carbocycles. The lowest BCUT2D eigenvalue weighted by molar-refractivity contribution is 0.0815. The lowest BCUT2D eigenvalue weighted by atomic mass is 9.91. The molecule has 0 fully saturated rings. The highest BCUT2D eigenvalue weighted by atomic mass is 19.3. The van der Waals surface area contributed by atoms with Gasteiger partial charge in [0.2, 0.25) is 0 Å². The number of hydrogen-bond acceptors (Lipinski definition) is 2. The average Bonchev–Trinajstić information content (AvgIpc) is 2.68. The highest BCUT2D eigenvalue weighted by molar-refractivity contribution is 5.92. The van der Waals surface area contributed by atoms with Crippen LogP contribution in [0, 0.1) is 11.6 Å². The van der Waals surface area contributed by atoms with Crippen molar-refractivity contribution in [1.82, 2.24) is 5.32 Å². The molecule has 0 saturated carbocycles. The summed E-state index contributed by atoms with van der Waals surface area (Å²) in [5.74, 6) is -2.06. The fourth-order valence-electron chi connectivity index (χ4n) is 2.89. The van der Waals surface area contributed by atoms with Crippen molar-refractivity contribution in [3.63, 3.8) is 0 Å². The Morgan fingerprint density at radius 2 is 1.64 bits per heavy atom. The van der Waals surface area contributed by atoms with Gasteiger partial charge in [-0.3, -0.25) is 0 Å². The number of hydrogen-bond donors (Lipinski definition) is 1. The lowest BCUT2D eigenvalue weighted by Crippen LogP contribution is -2.20. The summed E-state index contributed by atoms with van der Waals surface area (Å²) in [7, 11) is 0. The Bertz CT molecular complexity index is 824. The summed E-state index contributed by atoms with van der Waals surface area (Å²) in [5.41, 5.74) is 2.30. The van der Waals surface area contributed by atoms with Crippen molar-refractivity contribution in [3.05, 3.63) is 77.5 Å². The summed E-state index contributed by atoms with van der Waals surface area (Å²) in [6.07, 6.45) is -1.50. The topological polar surface area (TPSA) is 21.3 Å². The maximum absolute atomic E-state index is 14.6. The average molecular weight is 393 g/mol. The van der Waals surface area contributed by atoms with Crippen molar-refractivity contribution in [2.45, 2.75) is 33.1 Å². The van der Waals surface area contributed by atoms with E-state index in [1.807, 2.05) is 44.2 Å². The molecule has 2 aromatic rings. The van der Waals surface area contributed by atoms with Crippen LogP contribution in [0.3, 0.4) is 0 Å². The predicted octanol–water partition coefficient (Wildman–Crippen LogP) is 6.40. The van der Waals surface area contributed by atoms with Crippen LogP contribution in [-0.4, -0.2) is 13.0 Å². The molecule has 1 aliphatic rings. The Kier molecular flexibility index (Phi) is 7.67. The SMILES string of the molecule is C=C1CCC(c2ccccc2)=C(c2c(F)cc(OCC(F)F)cc2F)N1.CC. The molecular weight excluding hydrogens is 370 g/mol. The van der Waals surface area contributed by atoms with Crippen molar-refractivity contribution in [2.75, 3.05) is 6.61 Å². The Hall–Kier alpha value is -2.76. The van der Waals surface area contributed by atoms with Crippen LogP contribution in [-0.2, 0) is 0 Å². The molecule has 1 N–H and O–H groups in total. The zero-order chi connectivity index (χ0) is 20.7. The molecule has 0 atom stereocenters. The zero-order valence-electron chi connectivity index (χ0n) is 15.9. The second kappa shape index (κ2) is 9.97. The van der Waals surface area contributed by atoms with Gasteiger partial charge >= 0.3 is 0 Å². The molecule has 0 bridgehead atoms. The van der Waals surface area contributed by atoms with Crippen LogP contribution in [0.4, 0.5) is 17.6 Å². The van der Waals surface area contributed by atoms with Crippen molar-refractivity contribution < 1.29 is 22.3 Å². The van der Waals surface area contributed by atoms with Gasteiger partial charge in [-0.25, -0.2) is 17.6 Å². The van der Waals surface area contributed by atoms with Gasteiger partial charge in [-0.15, -0.1) is 0 Å². The maximum atomic E-state index is 14.6. The Morgan fingerprint density at radius 1 is 1.04 bits per heavy atom. The molecule has 0 saturated heterocycles. The van der Waals surface area contributed by atoms with Gasteiger partial charge in [-0.2, -0.15) is 0 Å². The third kappa shape index (κ3) is 5.15. The number of benzene rings is 2. The van der Waals surface area contributed by atoms with E-state index in [9.17, 15) is 17.6 Å². The van der Waals surface area contributed by atoms with Gasteiger partial charge in [-0.05, 0) is 24.0 Å². The number of halogens is 4. The largest absolute Gasteiger partial charge is 0.487 e. The highest BCUT2D eigenvalue weighted by Gasteiger charge is 2.24. The first-order chi connectivity index (χ1) is 13.5. The minimum atomic E-state index is -2.73. The Labute approximate surface area is 162 Å². The zero-order valence-corrected chi connectivity index (χ0v) is 15.9. The van der Waals surface area contributed by atoms with E-state index in [4.69, 9.17) is 4.74 Å². The quantitative estimate of drug-likeness (QED) is 0.594. The molecule has 0 radical (unpaired) electrons. The molecule has 0 spiro atoms. The van der Waals surface area contributed by atoms with E-state index in [0.717, 1.165) is 23.3 Å². The molecule has 0 aromatic heterocycles. The van der Waals surface area contributed by atoms with Crippen molar-refractivity contribution in [3.8, 4) is 5.75 Å². The summed E-state index contributed by atoms with van der Waals surface area (Å²) >= 11 is 0. The molecule has 1 heterocycles. The predicted molar refractivity (Wildman–Crippen MR) is 104 cm³/mol. The third-order valence-corrected chi connectivity index (χ3v) is 4.04. The number of ether oxygens (including phenoxy) is 1. The summed E-state index contributed by atoms with van der Waals surface area (Å²) in [6.45, 7) is 6.92. The lowest BCUT2D eigenvalue weighted by Gasteiger charge is -2.25. The van der Waals surface area contributed by atoms with Gasteiger partial charge in [0.25, 0.3) is 6.43 Å². The van der Waals surface area contributed by atoms with Gasteiger partial charge in [0.1, 0.15) is 24.0 Å². The Balaban J connectivity index is 0.00000136. The van der Waals surface area contributed by atoms with Crippen LogP contribution in [0.15, 0.2) is 54.7 Å². The summed E-state index contributed by atoms with van der Waals surface area (Å²) < 4.78 is 58.4. The first-order valence-corrected chi connectivity index (χ1v) is 9.09. The molecule has 0 aliphatic carbocycles. The van der Waals surface area contributed by atoms with Crippen molar-refractivity contribution >= 4 is 11.3 Å². The van der Waals surface area contributed by atoms with Crippen LogP contribution in [0.1, 0.15) is 37.8 Å². The monoisotopic (exact) mass is 393 g/mol. The maximum Gasteiger partial charge on any atom is 0.272 e. The van der Waals surface area contributed by atoms with E-state index in [1.165, 1.54) is 0 Å². The standard InChI is InChI=1S/C20H17F4NO.C2H6/c1-12-7-8-15(13-5-3-2-4-6-13)20(25-12)19-16(21)9-14(10-17(19)22)26-11-18(23)24;1-2/h2-6,9-10,18,25H,1,7-8,11H2;1-2H3.